The van der Waals surface area contributed by atoms with Crippen LogP contribution in [0.15, 0.2) is 24.7 Å². The number of nitrogen functional groups attached to an aromatic ring is 1. The van der Waals surface area contributed by atoms with Gasteiger partial charge in [-0.15, -0.1) is 0 Å². The van der Waals surface area contributed by atoms with Crippen molar-refractivity contribution in [1.29, 1.82) is 0 Å². The van der Waals surface area contributed by atoms with Crippen LogP contribution >= 0.6 is 0 Å². The van der Waals surface area contributed by atoms with E-state index in [1.807, 2.05) is 28.8 Å². The van der Waals surface area contributed by atoms with Gasteiger partial charge >= 0.3 is 0 Å². The van der Waals surface area contributed by atoms with Gasteiger partial charge in [-0.1, -0.05) is 0 Å². The number of aromatic nitrogens is 4. The number of hydrogen-bond donors (Lipinski definition) is 1. The summed E-state index contributed by atoms with van der Waals surface area (Å²) in [6.45, 7) is 3.40. The summed E-state index contributed by atoms with van der Waals surface area (Å²) in [5, 5.41) is 4.21. The molecule has 1 amide bonds. The molecule has 0 unspecified atom stereocenters. The van der Waals surface area contributed by atoms with E-state index in [1.54, 1.807) is 24.1 Å². The Kier molecular flexibility index (Phi) is 4.33. The molecule has 23 heavy (non-hydrogen) atoms. The molecule has 1 fully saturated rings. The molecule has 2 aromatic rings. The lowest BCUT2D eigenvalue weighted by molar-refractivity contribution is -0.133. The van der Waals surface area contributed by atoms with Crippen molar-refractivity contribution in [3.63, 3.8) is 0 Å². The predicted octanol–water partition coefficient (Wildman–Crippen LogP) is 0.286. The maximum absolute atomic E-state index is 12.7. The fourth-order valence-corrected chi connectivity index (χ4v) is 3.03. The van der Waals surface area contributed by atoms with Crippen molar-refractivity contribution < 1.29 is 9.53 Å². The zero-order valence-corrected chi connectivity index (χ0v) is 13.4. The zero-order valence-electron chi connectivity index (χ0n) is 13.4. The predicted molar refractivity (Wildman–Crippen MR) is 84.5 cm³/mol. The molecule has 8 heteroatoms. The third-order valence-electron chi connectivity index (χ3n) is 4.32. The first-order valence-corrected chi connectivity index (χ1v) is 7.65. The summed E-state index contributed by atoms with van der Waals surface area (Å²) < 4.78 is 9.09. The highest BCUT2D eigenvalue weighted by Gasteiger charge is 2.35. The average molecular weight is 318 g/mol. The number of carbonyl (C=O) groups is 1. The first-order chi connectivity index (χ1) is 11.1. The van der Waals surface area contributed by atoms with Crippen LogP contribution in [0.25, 0.3) is 0 Å². The van der Waals surface area contributed by atoms with Crippen LogP contribution in [-0.4, -0.2) is 55.9 Å². The van der Waals surface area contributed by atoms with Crippen LogP contribution < -0.4 is 5.73 Å². The lowest BCUT2D eigenvalue weighted by Crippen LogP contribution is -2.40. The van der Waals surface area contributed by atoms with Gasteiger partial charge in [-0.2, -0.15) is 5.10 Å². The minimum Gasteiger partial charge on any atom is -0.382 e. The van der Waals surface area contributed by atoms with Gasteiger partial charge in [-0.05, 0) is 19.4 Å². The van der Waals surface area contributed by atoms with E-state index in [0.717, 1.165) is 12.2 Å². The molecule has 124 valence electrons. The number of aryl methyl sites for hydroxylation is 1. The first-order valence-electron chi connectivity index (χ1n) is 7.65. The molecule has 8 nitrogen and oxygen atoms in total. The monoisotopic (exact) mass is 318 g/mol. The van der Waals surface area contributed by atoms with E-state index in [0.29, 0.717) is 25.5 Å². The van der Waals surface area contributed by atoms with Crippen LogP contribution in [0.3, 0.4) is 0 Å². The summed E-state index contributed by atoms with van der Waals surface area (Å²) in [6, 6.07) is 1.81. The van der Waals surface area contributed by atoms with Gasteiger partial charge in [0, 0.05) is 32.2 Å². The first kappa shape index (κ1) is 15.5. The second-order valence-electron chi connectivity index (χ2n) is 5.86. The standard InChI is InChI=1S/C15H22N6O2/c1-11-17-4-6-19(11)10-15(22)21-9-13(23-2)7-12(21)8-20-5-3-14(16)18-20/h3-6,12-13H,7-10H2,1-2H3,(H2,16,18)/t12-,13-/m0/s1. The Labute approximate surface area is 134 Å². The van der Waals surface area contributed by atoms with Crippen LogP contribution in [-0.2, 0) is 22.6 Å². The molecule has 2 N–H and O–H groups in total. The van der Waals surface area contributed by atoms with E-state index in [9.17, 15) is 4.79 Å². The van der Waals surface area contributed by atoms with Crippen molar-refractivity contribution in [1.82, 2.24) is 24.2 Å². The van der Waals surface area contributed by atoms with Gasteiger partial charge in [0.05, 0.1) is 18.7 Å². The van der Waals surface area contributed by atoms with Gasteiger partial charge in [0.1, 0.15) is 18.2 Å². The molecule has 0 radical (unpaired) electrons. The topological polar surface area (TPSA) is 91.2 Å². The molecule has 3 heterocycles. The number of carbonyl (C=O) groups excluding carboxylic acids is 1. The molecule has 1 aliphatic rings. The minimum absolute atomic E-state index is 0.0515. The number of hydrogen-bond acceptors (Lipinski definition) is 5. The van der Waals surface area contributed by atoms with Crippen molar-refractivity contribution in [2.45, 2.75) is 38.6 Å². The molecule has 0 saturated carbocycles. The molecule has 1 saturated heterocycles. The SMILES string of the molecule is CO[C@H]1C[C@@H](Cn2ccc(N)n2)N(C(=O)Cn2ccnc2C)C1. The summed E-state index contributed by atoms with van der Waals surface area (Å²) in [4.78, 5) is 18.7. The Bertz CT molecular complexity index is 679. The molecule has 1 aliphatic heterocycles. The van der Waals surface area contributed by atoms with Gasteiger partial charge in [-0.3, -0.25) is 9.48 Å². The lowest BCUT2D eigenvalue weighted by atomic mass is 10.2. The second-order valence-corrected chi connectivity index (χ2v) is 5.86. The minimum atomic E-state index is 0.0515. The molecule has 3 rings (SSSR count). The number of rotatable bonds is 5. The summed E-state index contributed by atoms with van der Waals surface area (Å²) in [6.07, 6.45) is 6.21. The maximum atomic E-state index is 12.7. The number of likely N-dealkylation sites (tertiary alicyclic amines) is 1. The van der Waals surface area contributed by atoms with Crippen LogP contribution in [0.4, 0.5) is 5.82 Å². The Morgan fingerprint density at radius 2 is 2.30 bits per heavy atom. The molecule has 0 aromatic carbocycles. The van der Waals surface area contributed by atoms with E-state index < -0.39 is 0 Å². The Morgan fingerprint density at radius 1 is 1.48 bits per heavy atom. The highest BCUT2D eigenvalue weighted by molar-refractivity contribution is 5.76. The summed E-state index contributed by atoms with van der Waals surface area (Å²) in [5.74, 6) is 1.38. The third-order valence-corrected chi connectivity index (χ3v) is 4.32. The summed E-state index contributed by atoms with van der Waals surface area (Å²) >= 11 is 0. The Balaban J connectivity index is 1.71. The number of nitrogens with zero attached hydrogens (tertiary/aromatic N) is 5. The van der Waals surface area contributed by atoms with Crippen molar-refractivity contribution in [3.05, 3.63) is 30.5 Å². The van der Waals surface area contributed by atoms with Crippen LogP contribution in [0.1, 0.15) is 12.2 Å². The second kappa shape index (κ2) is 6.41. The molecular formula is C15H22N6O2. The van der Waals surface area contributed by atoms with Crippen molar-refractivity contribution >= 4 is 11.7 Å². The number of methoxy groups -OCH3 is 1. The highest BCUT2D eigenvalue weighted by Crippen LogP contribution is 2.22. The zero-order chi connectivity index (χ0) is 16.4. The quantitative estimate of drug-likeness (QED) is 0.855. The van der Waals surface area contributed by atoms with E-state index in [2.05, 4.69) is 10.1 Å². The molecular weight excluding hydrogens is 296 g/mol. The Morgan fingerprint density at radius 3 is 2.91 bits per heavy atom. The summed E-state index contributed by atoms with van der Waals surface area (Å²) in [7, 11) is 1.68. The Hall–Kier alpha value is -2.35. The fraction of sp³-hybridized carbons (Fsp3) is 0.533. The number of nitrogens with two attached hydrogens (primary N) is 1. The van der Waals surface area contributed by atoms with Gasteiger partial charge in [0.25, 0.3) is 0 Å². The van der Waals surface area contributed by atoms with Gasteiger partial charge in [0.15, 0.2) is 0 Å². The van der Waals surface area contributed by atoms with Crippen LogP contribution in [0.2, 0.25) is 0 Å². The lowest BCUT2D eigenvalue weighted by Gasteiger charge is -2.24. The van der Waals surface area contributed by atoms with Crippen molar-refractivity contribution in [3.8, 4) is 0 Å². The number of imidazole rings is 1. The summed E-state index contributed by atoms with van der Waals surface area (Å²) in [5.41, 5.74) is 5.66. The van der Waals surface area contributed by atoms with Crippen LogP contribution in [0, 0.1) is 6.92 Å². The smallest absolute Gasteiger partial charge is 0.242 e. The van der Waals surface area contributed by atoms with E-state index in [4.69, 9.17) is 10.5 Å². The van der Waals surface area contributed by atoms with Gasteiger partial charge in [0.2, 0.25) is 5.91 Å². The van der Waals surface area contributed by atoms with Gasteiger partial charge < -0.3 is 19.9 Å². The molecule has 2 aromatic heterocycles. The molecule has 0 spiro atoms. The maximum Gasteiger partial charge on any atom is 0.242 e. The third kappa shape index (κ3) is 3.37. The molecule has 0 aliphatic carbocycles. The van der Waals surface area contributed by atoms with Crippen molar-refractivity contribution in [2.24, 2.45) is 0 Å². The number of ether oxygens (including phenoxy) is 1. The van der Waals surface area contributed by atoms with Gasteiger partial charge in [-0.25, -0.2) is 4.98 Å². The highest BCUT2D eigenvalue weighted by atomic mass is 16.5. The number of amides is 1. The van der Waals surface area contributed by atoms with E-state index in [-0.39, 0.29) is 18.1 Å². The van der Waals surface area contributed by atoms with Crippen molar-refractivity contribution in [2.75, 3.05) is 19.4 Å². The van der Waals surface area contributed by atoms with E-state index >= 15 is 0 Å². The largest absolute Gasteiger partial charge is 0.382 e. The molecule has 0 bridgehead atoms. The number of anilines is 1. The molecule has 2 atom stereocenters. The fourth-order valence-electron chi connectivity index (χ4n) is 3.03. The normalized spacial score (nSPS) is 21.0. The average Bonchev–Trinajstić information content (AvgIpc) is 3.21. The van der Waals surface area contributed by atoms with E-state index in [1.165, 1.54) is 0 Å². The van der Waals surface area contributed by atoms with Crippen LogP contribution in [0.5, 0.6) is 0 Å².